The average Bonchev–Trinajstić information content (AvgIpc) is 3.30. The van der Waals surface area contributed by atoms with Crippen LogP contribution in [0.5, 0.6) is 0 Å². The summed E-state index contributed by atoms with van der Waals surface area (Å²) in [4.78, 5) is 12.0. The number of aromatic nitrogens is 2. The van der Waals surface area contributed by atoms with Crippen molar-refractivity contribution < 1.29 is 9.21 Å². The first-order valence-corrected chi connectivity index (χ1v) is 9.06. The predicted molar refractivity (Wildman–Crippen MR) is 96.5 cm³/mol. The van der Waals surface area contributed by atoms with Crippen molar-refractivity contribution >= 4 is 39.8 Å². The van der Waals surface area contributed by atoms with Crippen molar-refractivity contribution in [1.29, 1.82) is 5.26 Å². The first-order valence-electron chi connectivity index (χ1n) is 7.26. The van der Waals surface area contributed by atoms with Crippen LogP contribution in [0.1, 0.15) is 11.3 Å². The summed E-state index contributed by atoms with van der Waals surface area (Å²) in [6.07, 6.45) is 1.61. The van der Waals surface area contributed by atoms with E-state index in [1.54, 1.807) is 30.5 Å². The van der Waals surface area contributed by atoms with E-state index in [9.17, 15) is 4.79 Å². The Balaban J connectivity index is 1.48. The summed E-state index contributed by atoms with van der Waals surface area (Å²) in [5, 5.41) is 23.6. The second-order valence-corrected chi connectivity index (χ2v) is 7.00. The molecule has 0 unspecified atom stereocenters. The number of amides is 1. The van der Waals surface area contributed by atoms with Crippen molar-refractivity contribution in [2.75, 3.05) is 16.4 Å². The third-order valence-electron chi connectivity index (χ3n) is 3.05. The van der Waals surface area contributed by atoms with Gasteiger partial charge in [0.15, 0.2) is 4.34 Å². The van der Waals surface area contributed by atoms with Gasteiger partial charge in [-0.05, 0) is 24.3 Å². The number of thioether (sulfide) groups is 1. The number of rotatable bonds is 7. The van der Waals surface area contributed by atoms with Crippen LogP contribution in [0.4, 0.5) is 10.8 Å². The van der Waals surface area contributed by atoms with E-state index >= 15 is 0 Å². The minimum Gasteiger partial charge on any atom is -0.467 e. The van der Waals surface area contributed by atoms with Crippen LogP contribution in [0, 0.1) is 11.3 Å². The average molecular weight is 371 g/mol. The number of carbonyl (C=O) groups is 1. The normalized spacial score (nSPS) is 10.2. The van der Waals surface area contributed by atoms with E-state index < -0.39 is 0 Å². The van der Waals surface area contributed by atoms with Crippen LogP contribution < -0.4 is 10.6 Å². The lowest BCUT2D eigenvalue weighted by Gasteiger charge is -2.05. The van der Waals surface area contributed by atoms with Gasteiger partial charge in [0.2, 0.25) is 11.0 Å². The van der Waals surface area contributed by atoms with E-state index in [0.717, 1.165) is 5.76 Å². The Labute approximate surface area is 152 Å². The molecule has 0 atom stereocenters. The zero-order chi connectivity index (χ0) is 17.5. The van der Waals surface area contributed by atoms with Crippen LogP contribution in [-0.4, -0.2) is 21.9 Å². The largest absolute Gasteiger partial charge is 0.467 e. The standard InChI is InChI=1S/C16H13N5O2S2/c17-8-11-4-1-2-6-13(11)19-14(22)10-24-16-21-20-15(25-16)18-9-12-5-3-7-23-12/h1-7H,9-10H2,(H,18,20)(H,19,22). The van der Waals surface area contributed by atoms with E-state index in [0.29, 0.717) is 27.3 Å². The van der Waals surface area contributed by atoms with Gasteiger partial charge in [-0.1, -0.05) is 35.2 Å². The summed E-state index contributed by atoms with van der Waals surface area (Å²) in [5.41, 5.74) is 0.940. The molecule has 0 saturated carbocycles. The Morgan fingerprint density at radius 2 is 2.16 bits per heavy atom. The molecule has 9 heteroatoms. The Morgan fingerprint density at radius 1 is 1.28 bits per heavy atom. The van der Waals surface area contributed by atoms with Crippen molar-refractivity contribution in [1.82, 2.24) is 10.2 Å². The molecule has 2 N–H and O–H groups in total. The van der Waals surface area contributed by atoms with Gasteiger partial charge < -0.3 is 15.1 Å². The lowest BCUT2D eigenvalue weighted by Crippen LogP contribution is -2.14. The van der Waals surface area contributed by atoms with Gasteiger partial charge in [0.1, 0.15) is 11.8 Å². The molecule has 0 saturated heterocycles. The molecule has 0 spiro atoms. The van der Waals surface area contributed by atoms with Crippen molar-refractivity contribution in [3.05, 3.63) is 54.0 Å². The molecule has 1 amide bonds. The number of para-hydroxylation sites is 1. The lowest BCUT2D eigenvalue weighted by molar-refractivity contribution is -0.113. The van der Waals surface area contributed by atoms with E-state index in [1.165, 1.54) is 23.1 Å². The summed E-state index contributed by atoms with van der Waals surface area (Å²) in [7, 11) is 0. The van der Waals surface area contributed by atoms with E-state index in [4.69, 9.17) is 9.68 Å². The monoisotopic (exact) mass is 371 g/mol. The maximum Gasteiger partial charge on any atom is 0.234 e. The third-order valence-corrected chi connectivity index (χ3v) is 5.06. The summed E-state index contributed by atoms with van der Waals surface area (Å²) >= 11 is 2.66. The molecule has 0 aliphatic rings. The Kier molecular flexibility index (Phi) is 5.66. The molecule has 3 aromatic rings. The van der Waals surface area contributed by atoms with Crippen LogP contribution in [0.3, 0.4) is 0 Å². The zero-order valence-electron chi connectivity index (χ0n) is 12.9. The first-order chi connectivity index (χ1) is 12.2. The first kappa shape index (κ1) is 17.0. The second-order valence-electron chi connectivity index (χ2n) is 4.80. The molecular formula is C16H13N5O2S2. The highest BCUT2D eigenvalue weighted by atomic mass is 32.2. The highest BCUT2D eigenvalue weighted by Gasteiger charge is 2.10. The quantitative estimate of drug-likeness (QED) is 0.614. The molecule has 3 rings (SSSR count). The van der Waals surface area contributed by atoms with Gasteiger partial charge in [0, 0.05) is 0 Å². The number of nitrogens with one attached hydrogen (secondary N) is 2. The third kappa shape index (κ3) is 4.82. The predicted octanol–water partition coefficient (Wildman–Crippen LogP) is 3.35. The molecule has 1 aromatic carbocycles. The van der Waals surface area contributed by atoms with E-state index in [-0.39, 0.29) is 11.7 Å². The molecule has 0 aliphatic heterocycles. The van der Waals surface area contributed by atoms with Crippen LogP contribution in [0.15, 0.2) is 51.4 Å². The fraction of sp³-hybridized carbons (Fsp3) is 0.125. The number of carbonyl (C=O) groups excluding carboxylic acids is 1. The highest BCUT2D eigenvalue weighted by Crippen LogP contribution is 2.26. The van der Waals surface area contributed by atoms with Crippen molar-refractivity contribution in [3.8, 4) is 6.07 Å². The summed E-state index contributed by atoms with van der Waals surface area (Å²) in [5.74, 6) is 0.792. The molecule has 2 aromatic heterocycles. The highest BCUT2D eigenvalue weighted by molar-refractivity contribution is 8.01. The van der Waals surface area contributed by atoms with Gasteiger partial charge >= 0.3 is 0 Å². The van der Waals surface area contributed by atoms with Crippen molar-refractivity contribution in [2.45, 2.75) is 10.9 Å². The molecular weight excluding hydrogens is 358 g/mol. The lowest BCUT2D eigenvalue weighted by atomic mass is 10.2. The molecule has 0 radical (unpaired) electrons. The molecule has 126 valence electrons. The number of furan rings is 1. The molecule has 7 nitrogen and oxygen atoms in total. The Morgan fingerprint density at radius 3 is 2.96 bits per heavy atom. The van der Waals surface area contributed by atoms with E-state index in [2.05, 4.69) is 20.8 Å². The Hall–Kier alpha value is -2.83. The van der Waals surface area contributed by atoms with Gasteiger partial charge in [-0.3, -0.25) is 4.79 Å². The maximum absolute atomic E-state index is 12.0. The van der Waals surface area contributed by atoms with Crippen LogP contribution in [0.2, 0.25) is 0 Å². The van der Waals surface area contributed by atoms with Gasteiger partial charge in [0.25, 0.3) is 0 Å². The van der Waals surface area contributed by atoms with Gasteiger partial charge in [-0.2, -0.15) is 5.26 Å². The second kappa shape index (κ2) is 8.32. The van der Waals surface area contributed by atoms with Gasteiger partial charge in [0.05, 0.1) is 29.8 Å². The molecule has 0 aliphatic carbocycles. The van der Waals surface area contributed by atoms with Gasteiger partial charge in [-0.15, -0.1) is 10.2 Å². The summed E-state index contributed by atoms with van der Waals surface area (Å²) in [6, 6.07) is 12.6. The van der Waals surface area contributed by atoms with Crippen molar-refractivity contribution in [2.24, 2.45) is 0 Å². The number of benzene rings is 1. The molecule has 0 bridgehead atoms. The minimum absolute atomic E-state index is 0.187. The number of nitriles is 1. The topological polar surface area (TPSA) is 104 Å². The van der Waals surface area contributed by atoms with E-state index in [1.807, 2.05) is 18.2 Å². The summed E-state index contributed by atoms with van der Waals surface area (Å²) < 4.78 is 5.92. The fourth-order valence-corrected chi connectivity index (χ4v) is 3.47. The van der Waals surface area contributed by atoms with Crippen molar-refractivity contribution in [3.63, 3.8) is 0 Å². The number of hydrogen-bond donors (Lipinski definition) is 2. The van der Waals surface area contributed by atoms with Crippen LogP contribution >= 0.6 is 23.1 Å². The Bertz CT molecular complexity index is 886. The number of hydrogen-bond acceptors (Lipinski definition) is 8. The number of anilines is 2. The smallest absolute Gasteiger partial charge is 0.234 e. The molecule has 25 heavy (non-hydrogen) atoms. The number of nitrogens with zero attached hydrogens (tertiary/aromatic N) is 3. The minimum atomic E-state index is -0.201. The SMILES string of the molecule is N#Cc1ccccc1NC(=O)CSc1nnc(NCc2ccco2)s1. The van der Waals surface area contributed by atoms with Gasteiger partial charge in [-0.25, -0.2) is 0 Å². The molecule has 0 fully saturated rings. The molecule has 2 heterocycles. The maximum atomic E-state index is 12.0. The van der Waals surface area contributed by atoms with Crippen LogP contribution in [0.25, 0.3) is 0 Å². The zero-order valence-corrected chi connectivity index (χ0v) is 14.6. The summed E-state index contributed by atoms with van der Waals surface area (Å²) in [6.45, 7) is 0.526. The fourth-order valence-electron chi connectivity index (χ4n) is 1.92. The van der Waals surface area contributed by atoms with Crippen LogP contribution in [-0.2, 0) is 11.3 Å².